The Labute approximate surface area is 93.8 Å². The van der Waals surface area contributed by atoms with Crippen LogP contribution in [0.2, 0.25) is 0 Å². The van der Waals surface area contributed by atoms with Gasteiger partial charge in [0.05, 0.1) is 0 Å². The number of rotatable bonds is 2. The van der Waals surface area contributed by atoms with Gasteiger partial charge < -0.3 is 15.8 Å². The summed E-state index contributed by atoms with van der Waals surface area (Å²) < 4.78 is 5.47. The van der Waals surface area contributed by atoms with E-state index < -0.39 is 0 Å². The smallest absolute Gasteiger partial charge is 0.231 e. The van der Waals surface area contributed by atoms with E-state index in [9.17, 15) is 4.79 Å². The van der Waals surface area contributed by atoms with Crippen molar-refractivity contribution in [2.24, 2.45) is 5.73 Å². The van der Waals surface area contributed by atoms with Gasteiger partial charge in [-0.1, -0.05) is 18.2 Å². The fraction of sp³-hybridized carbons (Fsp3) is 0.417. The average molecular weight is 218 g/mol. The molecule has 3 N–H and O–H groups in total. The number of nitrogens with two attached hydrogens (primary N) is 1. The van der Waals surface area contributed by atoms with Crippen LogP contribution in [0, 0.1) is 0 Å². The highest BCUT2D eigenvalue weighted by atomic mass is 16.5. The maximum atomic E-state index is 12.0. The molecule has 1 aliphatic heterocycles. The number of carbonyl (C=O) groups excluding carboxylic acids is 1. The largest absolute Gasteiger partial charge is 0.492 e. The van der Waals surface area contributed by atoms with Gasteiger partial charge in [-0.25, -0.2) is 0 Å². The maximum Gasteiger partial charge on any atom is 0.231 e. The highest BCUT2D eigenvalue weighted by molar-refractivity contribution is 5.86. The minimum absolute atomic E-state index is 0.0305. The van der Waals surface area contributed by atoms with E-state index in [1.54, 1.807) is 0 Å². The third-order valence-electron chi connectivity index (χ3n) is 3.18. The predicted octanol–water partition coefficient (Wildman–Crippen LogP) is 0.378. The van der Waals surface area contributed by atoms with Gasteiger partial charge in [0, 0.05) is 17.6 Å². The fourth-order valence-corrected chi connectivity index (χ4v) is 2.04. The molecular formula is C12H14N2O2. The zero-order valence-electron chi connectivity index (χ0n) is 8.85. The van der Waals surface area contributed by atoms with E-state index >= 15 is 0 Å². The van der Waals surface area contributed by atoms with Crippen LogP contribution < -0.4 is 15.8 Å². The number of ether oxygens (including phenoxy) is 1. The Balaban J connectivity index is 1.74. The van der Waals surface area contributed by atoms with Crippen molar-refractivity contribution in [1.82, 2.24) is 5.32 Å². The van der Waals surface area contributed by atoms with Crippen LogP contribution in [-0.4, -0.2) is 24.6 Å². The van der Waals surface area contributed by atoms with Gasteiger partial charge in [-0.05, 0) is 12.5 Å². The van der Waals surface area contributed by atoms with Crippen LogP contribution in [0.15, 0.2) is 24.3 Å². The number of nitrogens with one attached hydrogen (secondary N) is 1. The number of carbonyl (C=O) groups is 1. The van der Waals surface area contributed by atoms with Crippen LogP contribution in [0.3, 0.4) is 0 Å². The minimum atomic E-state index is -0.177. The van der Waals surface area contributed by atoms with Gasteiger partial charge in [-0.3, -0.25) is 4.79 Å². The van der Waals surface area contributed by atoms with Gasteiger partial charge in [0.15, 0.2) is 0 Å². The first-order valence-electron chi connectivity index (χ1n) is 5.53. The number of amides is 1. The average Bonchev–Trinajstić information content (AvgIpc) is 2.82. The van der Waals surface area contributed by atoms with E-state index in [0.29, 0.717) is 6.61 Å². The van der Waals surface area contributed by atoms with E-state index in [4.69, 9.17) is 10.5 Å². The second-order valence-corrected chi connectivity index (χ2v) is 4.42. The molecule has 0 aromatic heterocycles. The first kappa shape index (κ1) is 9.66. The van der Waals surface area contributed by atoms with Crippen molar-refractivity contribution in [3.05, 3.63) is 29.8 Å². The Bertz CT molecular complexity index is 433. The van der Waals surface area contributed by atoms with Crippen LogP contribution in [0.25, 0.3) is 0 Å². The Morgan fingerprint density at radius 3 is 2.94 bits per heavy atom. The van der Waals surface area contributed by atoms with E-state index in [0.717, 1.165) is 17.7 Å². The lowest BCUT2D eigenvalue weighted by molar-refractivity contribution is -0.122. The summed E-state index contributed by atoms with van der Waals surface area (Å²) in [5.41, 5.74) is 6.64. The molecule has 0 bridgehead atoms. The van der Waals surface area contributed by atoms with Gasteiger partial charge >= 0.3 is 0 Å². The molecule has 16 heavy (non-hydrogen) atoms. The van der Waals surface area contributed by atoms with E-state index in [1.807, 2.05) is 24.3 Å². The normalized spacial score (nSPS) is 30.4. The molecule has 3 rings (SSSR count). The molecule has 1 aliphatic carbocycles. The second kappa shape index (κ2) is 3.49. The molecule has 4 nitrogen and oxygen atoms in total. The summed E-state index contributed by atoms with van der Waals surface area (Å²) in [7, 11) is 0. The highest BCUT2D eigenvalue weighted by Gasteiger charge is 2.38. The molecule has 0 spiro atoms. The standard InChI is InChI=1S/C12H14N2O2/c13-9-5-10(9)14-12(15)8-6-16-11-4-2-1-3-7(8)11/h1-4,8-10H,5-6,13H2,(H,14,15). The first-order chi connectivity index (χ1) is 7.75. The lowest BCUT2D eigenvalue weighted by atomic mass is 10.0. The van der Waals surface area contributed by atoms with Crippen molar-refractivity contribution < 1.29 is 9.53 Å². The number of fused-ring (bicyclic) bond motifs is 1. The summed E-state index contributed by atoms with van der Waals surface area (Å²) in [6, 6.07) is 7.99. The molecule has 1 heterocycles. The molecule has 4 heteroatoms. The lowest BCUT2D eigenvalue weighted by Gasteiger charge is -2.09. The van der Waals surface area contributed by atoms with Gasteiger partial charge in [-0.15, -0.1) is 0 Å². The van der Waals surface area contributed by atoms with Crippen LogP contribution in [0.5, 0.6) is 5.75 Å². The molecule has 3 unspecified atom stereocenters. The highest BCUT2D eigenvalue weighted by Crippen LogP contribution is 2.34. The van der Waals surface area contributed by atoms with Crippen molar-refractivity contribution >= 4 is 5.91 Å². The first-order valence-corrected chi connectivity index (χ1v) is 5.53. The third-order valence-corrected chi connectivity index (χ3v) is 3.18. The molecule has 0 radical (unpaired) electrons. The Morgan fingerprint density at radius 1 is 1.44 bits per heavy atom. The second-order valence-electron chi connectivity index (χ2n) is 4.42. The minimum Gasteiger partial charge on any atom is -0.492 e. The van der Waals surface area contributed by atoms with Gasteiger partial charge in [0.25, 0.3) is 0 Å². The van der Waals surface area contributed by atoms with Crippen molar-refractivity contribution in [1.29, 1.82) is 0 Å². The Kier molecular flexibility index (Phi) is 2.11. The summed E-state index contributed by atoms with van der Waals surface area (Å²) in [6.07, 6.45) is 0.890. The zero-order valence-corrected chi connectivity index (χ0v) is 8.85. The summed E-state index contributed by atoms with van der Waals surface area (Å²) in [4.78, 5) is 12.0. The molecule has 3 atom stereocenters. The Morgan fingerprint density at radius 2 is 2.19 bits per heavy atom. The van der Waals surface area contributed by atoms with Crippen molar-refractivity contribution in [2.75, 3.05) is 6.61 Å². The quantitative estimate of drug-likeness (QED) is 0.754. The lowest BCUT2D eigenvalue weighted by Crippen LogP contribution is -2.34. The summed E-state index contributed by atoms with van der Waals surface area (Å²) in [6.45, 7) is 0.438. The van der Waals surface area contributed by atoms with E-state index in [1.165, 1.54) is 0 Å². The van der Waals surface area contributed by atoms with Crippen LogP contribution >= 0.6 is 0 Å². The number of benzene rings is 1. The SMILES string of the molecule is NC1CC1NC(=O)C1COc2ccccc21. The summed E-state index contributed by atoms with van der Waals surface area (Å²) in [5.74, 6) is 0.676. The number of hydrogen-bond donors (Lipinski definition) is 2. The molecule has 1 saturated carbocycles. The molecule has 0 saturated heterocycles. The van der Waals surface area contributed by atoms with E-state index in [2.05, 4.69) is 5.32 Å². The van der Waals surface area contributed by atoms with Crippen molar-refractivity contribution in [2.45, 2.75) is 24.4 Å². The monoisotopic (exact) mass is 218 g/mol. The van der Waals surface area contributed by atoms with Crippen LogP contribution in [0.4, 0.5) is 0 Å². The molecule has 2 aliphatic rings. The summed E-state index contributed by atoms with van der Waals surface area (Å²) >= 11 is 0. The van der Waals surface area contributed by atoms with Crippen molar-refractivity contribution in [3.8, 4) is 5.75 Å². The van der Waals surface area contributed by atoms with E-state index in [-0.39, 0.29) is 23.9 Å². The van der Waals surface area contributed by atoms with Gasteiger partial charge in [0.2, 0.25) is 5.91 Å². The third kappa shape index (κ3) is 1.55. The fourth-order valence-electron chi connectivity index (χ4n) is 2.04. The van der Waals surface area contributed by atoms with Crippen LogP contribution in [0.1, 0.15) is 17.9 Å². The number of hydrogen-bond acceptors (Lipinski definition) is 3. The predicted molar refractivity (Wildman–Crippen MR) is 59.2 cm³/mol. The molecule has 84 valence electrons. The van der Waals surface area contributed by atoms with Gasteiger partial charge in [-0.2, -0.15) is 0 Å². The molecule has 1 aromatic carbocycles. The maximum absolute atomic E-state index is 12.0. The summed E-state index contributed by atoms with van der Waals surface area (Å²) in [5, 5.41) is 2.94. The molecular weight excluding hydrogens is 204 g/mol. The molecule has 1 fully saturated rings. The molecule has 1 amide bonds. The molecule has 1 aromatic rings. The number of para-hydroxylation sites is 1. The van der Waals surface area contributed by atoms with Gasteiger partial charge in [0.1, 0.15) is 18.3 Å². The Hall–Kier alpha value is -1.55. The topological polar surface area (TPSA) is 64.3 Å². The van der Waals surface area contributed by atoms with Crippen LogP contribution in [-0.2, 0) is 4.79 Å². The van der Waals surface area contributed by atoms with Crippen molar-refractivity contribution in [3.63, 3.8) is 0 Å². The zero-order chi connectivity index (χ0) is 11.1.